The zero-order chi connectivity index (χ0) is 31.5. The predicted molar refractivity (Wildman–Crippen MR) is 162 cm³/mol. The molecule has 1 aromatic carbocycles. The molecule has 1 amide bonds. The van der Waals surface area contributed by atoms with Crippen LogP contribution in [0.25, 0.3) is 11.3 Å². The number of amides is 1. The van der Waals surface area contributed by atoms with E-state index in [2.05, 4.69) is 4.98 Å². The van der Waals surface area contributed by atoms with Gasteiger partial charge in [0.2, 0.25) is 10.0 Å². The van der Waals surface area contributed by atoms with Gasteiger partial charge in [-0.3, -0.25) is 14.4 Å². The number of Topliss-reactive ketones (excluding diaryl/α,β-unsaturated/α-hetero) is 2. The van der Waals surface area contributed by atoms with Crippen LogP contribution < -0.4 is 9.46 Å². The molecule has 0 spiro atoms. The number of hydrogen-bond acceptors (Lipinski definition) is 8. The van der Waals surface area contributed by atoms with Crippen LogP contribution in [0.3, 0.4) is 0 Å². The topological polar surface area (TPSA) is 129 Å². The molecule has 228 valence electrons. The Morgan fingerprint density at radius 3 is 2.09 bits per heavy atom. The summed E-state index contributed by atoms with van der Waals surface area (Å²) in [6, 6.07) is 8.39. The second-order valence-corrected chi connectivity index (χ2v) is 15.2. The number of nitrogens with zero attached hydrogens (tertiary/aromatic N) is 1. The number of rotatable bonds is 6. The minimum atomic E-state index is -3.77. The zero-order valence-corrected chi connectivity index (χ0v) is 26.5. The SMILES string of the molecule is CCS(=O)(=O)NC(=O)c1cccc(-c2ccc(OC)c(C3C4=C(CC(C)(C)CC4=O)OC4=C3C(=O)CC(C)(C)C4)c2C)n1. The third-order valence-corrected chi connectivity index (χ3v) is 9.71. The lowest BCUT2D eigenvalue weighted by molar-refractivity contribution is -0.120. The number of aromatic nitrogens is 1. The Morgan fingerprint density at radius 1 is 0.977 bits per heavy atom. The summed E-state index contributed by atoms with van der Waals surface area (Å²) in [6.45, 7) is 11.5. The van der Waals surface area contributed by atoms with Crippen molar-refractivity contribution in [2.24, 2.45) is 10.8 Å². The average Bonchev–Trinajstić information content (AvgIpc) is 2.90. The first kappa shape index (κ1) is 30.7. The molecule has 0 radical (unpaired) electrons. The lowest BCUT2D eigenvalue weighted by Crippen LogP contribution is -2.38. The first-order valence-corrected chi connectivity index (χ1v) is 16.1. The molecule has 1 N–H and O–H groups in total. The van der Waals surface area contributed by atoms with Crippen molar-refractivity contribution < 1.29 is 32.3 Å². The Balaban J connectivity index is 1.71. The average molecular weight is 607 g/mol. The highest BCUT2D eigenvalue weighted by molar-refractivity contribution is 7.90. The molecule has 0 atom stereocenters. The van der Waals surface area contributed by atoms with E-state index in [0.29, 0.717) is 70.9 Å². The minimum absolute atomic E-state index is 0.0540. The highest BCUT2D eigenvalue weighted by Gasteiger charge is 2.49. The monoisotopic (exact) mass is 606 g/mol. The molecule has 0 bridgehead atoms. The number of nitrogens with one attached hydrogen (secondary N) is 1. The molecule has 5 rings (SSSR count). The van der Waals surface area contributed by atoms with E-state index in [1.807, 2.05) is 45.4 Å². The number of carbonyl (C=O) groups excluding carboxylic acids is 3. The van der Waals surface area contributed by atoms with Crippen LogP contribution in [0.15, 0.2) is 53.0 Å². The summed E-state index contributed by atoms with van der Waals surface area (Å²) in [6.07, 6.45) is 1.79. The van der Waals surface area contributed by atoms with Gasteiger partial charge in [-0.15, -0.1) is 0 Å². The van der Waals surface area contributed by atoms with Crippen LogP contribution in [0.1, 0.15) is 87.8 Å². The number of methoxy groups -OCH3 is 1. The molecule has 2 heterocycles. The molecule has 0 unspecified atom stereocenters. The molecule has 0 saturated carbocycles. The summed E-state index contributed by atoms with van der Waals surface area (Å²) in [5.74, 6) is -0.122. The third kappa shape index (κ3) is 5.77. The van der Waals surface area contributed by atoms with E-state index in [9.17, 15) is 22.8 Å². The summed E-state index contributed by atoms with van der Waals surface area (Å²) >= 11 is 0. The second kappa shape index (κ2) is 10.7. The van der Waals surface area contributed by atoms with Gasteiger partial charge in [0.05, 0.1) is 24.5 Å². The molecule has 2 aliphatic carbocycles. The van der Waals surface area contributed by atoms with Gasteiger partial charge in [0.25, 0.3) is 5.91 Å². The normalized spacial score (nSPS) is 19.9. The highest BCUT2D eigenvalue weighted by Crippen LogP contribution is 2.55. The summed E-state index contributed by atoms with van der Waals surface area (Å²) in [7, 11) is -2.22. The number of ether oxygens (including phenoxy) is 2. The molecule has 3 aliphatic rings. The van der Waals surface area contributed by atoms with Gasteiger partial charge in [0, 0.05) is 48.0 Å². The molecule has 1 aromatic heterocycles. The van der Waals surface area contributed by atoms with Crippen molar-refractivity contribution in [1.29, 1.82) is 0 Å². The summed E-state index contributed by atoms with van der Waals surface area (Å²) in [5.41, 5.74) is 2.86. The summed E-state index contributed by atoms with van der Waals surface area (Å²) in [5, 5.41) is 0. The molecule has 10 heteroatoms. The van der Waals surface area contributed by atoms with E-state index in [-0.39, 0.29) is 33.8 Å². The van der Waals surface area contributed by atoms with Gasteiger partial charge in [0.15, 0.2) is 11.6 Å². The fourth-order valence-electron chi connectivity index (χ4n) is 6.46. The fourth-order valence-corrected chi connectivity index (χ4v) is 6.99. The van der Waals surface area contributed by atoms with Crippen LogP contribution in [0, 0.1) is 17.8 Å². The van der Waals surface area contributed by atoms with Crippen molar-refractivity contribution in [2.75, 3.05) is 12.9 Å². The van der Waals surface area contributed by atoms with Gasteiger partial charge in [-0.05, 0) is 54.5 Å². The Hall–Kier alpha value is -3.79. The van der Waals surface area contributed by atoms with Crippen LogP contribution in [-0.4, -0.2) is 43.7 Å². The van der Waals surface area contributed by atoms with E-state index >= 15 is 0 Å². The summed E-state index contributed by atoms with van der Waals surface area (Å²) in [4.78, 5) is 44.9. The van der Waals surface area contributed by atoms with Gasteiger partial charge in [-0.2, -0.15) is 0 Å². The quantitative estimate of drug-likeness (QED) is 0.454. The Kier molecular flexibility index (Phi) is 7.65. The van der Waals surface area contributed by atoms with Crippen molar-refractivity contribution in [1.82, 2.24) is 9.71 Å². The number of pyridine rings is 1. The minimum Gasteiger partial charge on any atom is -0.496 e. The first-order valence-electron chi connectivity index (χ1n) is 14.5. The molecule has 2 aromatic rings. The number of sulfonamides is 1. The fraction of sp³-hybridized carbons (Fsp3) is 0.455. The number of allylic oxidation sites excluding steroid dienone is 4. The lowest BCUT2D eigenvalue weighted by Gasteiger charge is -2.43. The molecule has 9 nitrogen and oxygen atoms in total. The van der Waals surface area contributed by atoms with Crippen molar-refractivity contribution >= 4 is 27.5 Å². The lowest BCUT2D eigenvalue weighted by atomic mass is 9.65. The second-order valence-electron chi connectivity index (χ2n) is 13.2. The number of carbonyl (C=O) groups is 3. The molecule has 43 heavy (non-hydrogen) atoms. The van der Waals surface area contributed by atoms with Gasteiger partial charge < -0.3 is 9.47 Å². The maximum absolute atomic E-state index is 13.8. The van der Waals surface area contributed by atoms with Crippen LogP contribution in [0.5, 0.6) is 5.75 Å². The van der Waals surface area contributed by atoms with Gasteiger partial charge >= 0.3 is 0 Å². The van der Waals surface area contributed by atoms with E-state index in [1.54, 1.807) is 25.3 Å². The zero-order valence-electron chi connectivity index (χ0n) is 25.7. The standard InChI is InChI=1S/C33H38N2O7S/c1-8-43(39,40)35-31(38)21-11-9-10-20(34-21)19-12-13-24(41-7)27(18(19)2)30-28-22(36)14-32(3,4)16-25(28)42-26-17-33(5,6)15-23(37)29(26)30/h9-13,30H,8,14-17H2,1-7H3,(H,35,38). The maximum atomic E-state index is 13.8. The van der Waals surface area contributed by atoms with Crippen LogP contribution in [0.2, 0.25) is 0 Å². The van der Waals surface area contributed by atoms with Crippen LogP contribution in [0.4, 0.5) is 0 Å². The molecular weight excluding hydrogens is 568 g/mol. The number of hydrogen-bond donors (Lipinski definition) is 1. The smallest absolute Gasteiger partial charge is 0.283 e. The Labute approximate surface area is 252 Å². The summed E-state index contributed by atoms with van der Waals surface area (Å²) < 4.78 is 38.3. The van der Waals surface area contributed by atoms with Crippen LogP contribution >= 0.6 is 0 Å². The van der Waals surface area contributed by atoms with Gasteiger partial charge in [0.1, 0.15) is 23.0 Å². The number of ketones is 2. The Bertz CT molecular complexity index is 1680. The third-order valence-electron chi connectivity index (χ3n) is 8.45. The van der Waals surface area contributed by atoms with Crippen molar-refractivity contribution in [3.05, 3.63) is 69.8 Å². The number of benzene rings is 1. The van der Waals surface area contributed by atoms with E-state index in [1.165, 1.54) is 13.0 Å². The first-order chi connectivity index (χ1) is 20.1. The van der Waals surface area contributed by atoms with Crippen molar-refractivity contribution in [3.8, 4) is 17.0 Å². The largest absolute Gasteiger partial charge is 0.496 e. The van der Waals surface area contributed by atoms with E-state index in [0.717, 1.165) is 5.56 Å². The maximum Gasteiger partial charge on any atom is 0.283 e. The van der Waals surface area contributed by atoms with Crippen LogP contribution in [-0.2, 0) is 24.3 Å². The Morgan fingerprint density at radius 2 is 1.56 bits per heavy atom. The van der Waals surface area contributed by atoms with Gasteiger partial charge in [-0.1, -0.05) is 33.8 Å². The van der Waals surface area contributed by atoms with Crippen molar-refractivity contribution in [2.45, 2.75) is 73.1 Å². The van der Waals surface area contributed by atoms with E-state index < -0.39 is 21.8 Å². The molecular formula is C33H38N2O7S. The van der Waals surface area contributed by atoms with Crippen molar-refractivity contribution in [3.63, 3.8) is 0 Å². The molecule has 0 saturated heterocycles. The predicted octanol–water partition coefficient (Wildman–Crippen LogP) is 5.55. The molecule has 1 aliphatic heterocycles. The van der Waals surface area contributed by atoms with Gasteiger partial charge in [-0.25, -0.2) is 18.1 Å². The highest BCUT2D eigenvalue weighted by atomic mass is 32.2. The molecule has 0 fully saturated rings. The van der Waals surface area contributed by atoms with E-state index in [4.69, 9.17) is 9.47 Å².